The van der Waals surface area contributed by atoms with Gasteiger partial charge >= 0.3 is 59.1 Å². The topological polar surface area (TPSA) is 57.2 Å². The number of rotatable bonds is 0. The average Bonchev–Trinajstić information content (AvgIpc) is 0.811. The summed E-state index contributed by atoms with van der Waals surface area (Å²) in [5, 5.41) is 0. The molecule has 0 aliphatic carbocycles. The Bertz CT molecular complexity index is 57.2. The largest absolute Gasteiger partial charge is 1.00 e. The molecule has 0 spiro atoms. The third kappa shape index (κ3) is 40.0. The summed E-state index contributed by atoms with van der Waals surface area (Å²) in [5.41, 5.74) is 0. The minimum absolute atomic E-state index is 0. The Morgan fingerprint density at radius 2 is 1.17 bits per heavy atom. The molecule has 0 N–H and O–H groups in total. The standard InChI is InChI=1S/2Na.HO3P/c;;1-4(2)3/h;;(H,1,2,3)/q2*+1;/p-1. The fourth-order valence-corrected chi connectivity index (χ4v) is 0. The van der Waals surface area contributed by atoms with Crippen LogP contribution in [-0.4, -0.2) is 0 Å². The molecule has 0 fully saturated rings. The molecule has 0 aromatic rings. The summed E-state index contributed by atoms with van der Waals surface area (Å²) in [4.78, 5) is 8.48. The Morgan fingerprint density at radius 3 is 1.17 bits per heavy atom. The van der Waals surface area contributed by atoms with Gasteiger partial charge in [0.15, 0.2) is 0 Å². The SMILES string of the molecule is O=P(=O)[O-].[Na+].[Na+]. The average molecular weight is 125 g/mol. The molecule has 0 aromatic heterocycles. The van der Waals surface area contributed by atoms with Crippen LogP contribution in [0.15, 0.2) is 0 Å². The third-order valence-corrected chi connectivity index (χ3v) is 0. The Kier molecular flexibility index (Phi) is 26.0. The van der Waals surface area contributed by atoms with Crippen LogP contribution < -0.4 is 64.0 Å². The Morgan fingerprint density at radius 1 is 1.17 bits per heavy atom. The summed E-state index contributed by atoms with van der Waals surface area (Å²) >= 11 is 0. The zero-order chi connectivity index (χ0) is 3.58. The van der Waals surface area contributed by atoms with Gasteiger partial charge in [-0.05, 0) is 0 Å². The van der Waals surface area contributed by atoms with Crippen LogP contribution in [0.4, 0.5) is 0 Å². The molecule has 0 aliphatic heterocycles. The van der Waals surface area contributed by atoms with Crippen molar-refractivity contribution < 1.29 is 73.1 Å². The molecule has 0 radical (unpaired) electrons. The van der Waals surface area contributed by atoms with E-state index in [1.165, 1.54) is 0 Å². The summed E-state index contributed by atoms with van der Waals surface area (Å²) in [6.45, 7) is 0. The van der Waals surface area contributed by atoms with E-state index in [0.717, 1.165) is 0 Å². The second-order valence-corrected chi connectivity index (χ2v) is 0.671. The molecule has 6 heavy (non-hydrogen) atoms. The molecular weight excluding hydrogens is 125 g/mol. The van der Waals surface area contributed by atoms with Gasteiger partial charge in [0, 0.05) is 0 Å². The molecule has 0 rings (SSSR count). The minimum Gasteiger partial charge on any atom is -0.744 e. The van der Waals surface area contributed by atoms with E-state index < -0.39 is 7.91 Å². The molecule has 3 nitrogen and oxygen atoms in total. The smallest absolute Gasteiger partial charge is 0.744 e. The molecule has 0 unspecified atom stereocenters. The van der Waals surface area contributed by atoms with Crippen LogP contribution >= 0.6 is 7.91 Å². The maximum atomic E-state index is 8.48. The summed E-state index contributed by atoms with van der Waals surface area (Å²) in [6.07, 6.45) is 0. The zero-order valence-corrected chi connectivity index (χ0v) is 8.57. The fraction of sp³-hybridized carbons (Fsp3) is 0. The Labute approximate surface area is 80.0 Å². The second-order valence-electron chi connectivity index (χ2n) is 0.224. The van der Waals surface area contributed by atoms with Crippen LogP contribution in [0.5, 0.6) is 0 Å². The molecule has 24 valence electrons. The van der Waals surface area contributed by atoms with E-state index in [1.54, 1.807) is 0 Å². The quantitative estimate of drug-likeness (QED) is 0.239. The maximum Gasteiger partial charge on any atom is 1.00 e. The van der Waals surface area contributed by atoms with Crippen LogP contribution in [0.2, 0.25) is 0 Å². The summed E-state index contributed by atoms with van der Waals surface area (Å²) in [5.74, 6) is 0. The van der Waals surface area contributed by atoms with Crippen molar-refractivity contribution in [1.82, 2.24) is 0 Å². The van der Waals surface area contributed by atoms with Gasteiger partial charge in [0.2, 0.25) is 7.91 Å². The van der Waals surface area contributed by atoms with Crippen molar-refractivity contribution >= 4 is 7.91 Å². The Balaban J connectivity index is -0.0000000450. The van der Waals surface area contributed by atoms with Crippen molar-refractivity contribution in [3.05, 3.63) is 0 Å². The number of hydrogen-bond acceptors (Lipinski definition) is 3. The first-order valence-corrected chi connectivity index (χ1v) is 1.64. The van der Waals surface area contributed by atoms with Gasteiger partial charge in [0.05, 0.1) is 0 Å². The predicted molar refractivity (Wildman–Crippen MR) is 8.29 cm³/mol. The van der Waals surface area contributed by atoms with Crippen molar-refractivity contribution in [2.45, 2.75) is 0 Å². The van der Waals surface area contributed by atoms with E-state index in [4.69, 9.17) is 14.0 Å². The zero-order valence-electron chi connectivity index (χ0n) is 3.67. The van der Waals surface area contributed by atoms with Crippen molar-refractivity contribution in [3.63, 3.8) is 0 Å². The second kappa shape index (κ2) is 9.97. The van der Waals surface area contributed by atoms with E-state index in [2.05, 4.69) is 0 Å². The molecule has 0 aliphatic rings. The minimum atomic E-state index is -3.37. The molecule has 0 heterocycles. The van der Waals surface area contributed by atoms with E-state index in [1.807, 2.05) is 0 Å². The van der Waals surface area contributed by atoms with Gasteiger partial charge in [-0.3, -0.25) is 9.13 Å². The Hall–Kier alpha value is 1.86. The monoisotopic (exact) mass is 125 g/mol. The summed E-state index contributed by atoms with van der Waals surface area (Å²) < 4.78 is 17.0. The molecule has 0 aromatic carbocycles. The van der Waals surface area contributed by atoms with Crippen molar-refractivity contribution in [3.8, 4) is 0 Å². The maximum absolute atomic E-state index is 8.48. The van der Waals surface area contributed by atoms with Gasteiger partial charge in [-0.2, -0.15) is 0 Å². The third-order valence-electron chi connectivity index (χ3n) is 0. The van der Waals surface area contributed by atoms with Crippen LogP contribution in [0, 0.1) is 0 Å². The van der Waals surface area contributed by atoms with E-state index in [-0.39, 0.29) is 59.1 Å². The van der Waals surface area contributed by atoms with Gasteiger partial charge in [0.25, 0.3) is 0 Å². The number of hydrogen-bond donors (Lipinski definition) is 0. The van der Waals surface area contributed by atoms with Crippen molar-refractivity contribution in [2.75, 3.05) is 0 Å². The summed E-state index contributed by atoms with van der Waals surface area (Å²) in [7, 11) is -3.37. The first kappa shape index (κ1) is 15.7. The molecule has 0 amide bonds. The van der Waals surface area contributed by atoms with Crippen LogP contribution in [-0.2, 0) is 9.13 Å². The van der Waals surface area contributed by atoms with Gasteiger partial charge in [0.1, 0.15) is 0 Å². The predicted octanol–water partition coefficient (Wildman–Crippen LogP) is -6.56. The van der Waals surface area contributed by atoms with Gasteiger partial charge in [-0.25, -0.2) is 0 Å². The fourth-order valence-electron chi connectivity index (χ4n) is 0. The van der Waals surface area contributed by atoms with E-state index >= 15 is 0 Å². The summed E-state index contributed by atoms with van der Waals surface area (Å²) in [6, 6.07) is 0. The van der Waals surface area contributed by atoms with Crippen molar-refractivity contribution in [1.29, 1.82) is 0 Å². The molecule has 6 heteroatoms. The van der Waals surface area contributed by atoms with Gasteiger partial charge in [-0.15, -0.1) is 0 Å². The van der Waals surface area contributed by atoms with Gasteiger partial charge < -0.3 is 4.89 Å². The van der Waals surface area contributed by atoms with Crippen LogP contribution in [0.1, 0.15) is 0 Å². The van der Waals surface area contributed by atoms with Crippen molar-refractivity contribution in [2.24, 2.45) is 0 Å². The van der Waals surface area contributed by atoms with E-state index in [0.29, 0.717) is 0 Å². The van der Waals surface area contributed by atoms with E-state index in [9.17, 15) is 0 Å². The van der Waals surface area contributed by atoms with Gasteiger partial charge in [-0.1, -0.05) is 0 Å². The van der Waals surface area contributed by atoms with Crippen LogP contribution in [0.25, 0.3) is 0 Å². The molecule has 0 saturated carbocycles. The normalized spacial score (nSPS) is 4.17. The van der Waals surface area contributed by atoms with Crippen LogP contribution in [0.3, 0.4) is 0 Å². The molecule has 0 bridgehead atoms. The molecule has 0 saturated heterocycles. The first-order chi connectivity index (χ1) is 1.73. The first-order valence-electron chi connectivity index (χ1n) is 0.548. The molecular formula is Na2O3P+. The molecule has 0 atom stereocenters.